The maximum atomic E-state index is 13.1. The van der Waals surface area contributed by atoms with E-state index in [1.54, 1.807) is 16.8 Å². The summed E-state index contributed by atoms with van der Waals surface area (Å²) in [6, 6.07) is 6.31. The third kappa shape index (κ3) is 4.50. The number of hydrogen-bond acceptors (Lipinski definition) is 3. The zero-order valence-corrected chi connectivity index (χ0v) is 18.0. The summed E-state index contributed by atoms with van der Waals surface area (Å²) >= 11 is 6.19. The van der Waals surface area contributed by atoms with Crippen molar-refractivity contribution in [3.63, 3.8) is 0 Å². The van der Waals surface area contributed by atoms with Crippen molar-refractivity contribution in [3.05, 3.63) is 63.4 Å². The van der Waals surface area contributed by atoms with Gasteiger partial charge in [0.1, 0.15) is 5.82 Å². The third-order valence-corrected chi connectivity index (χ3v) is 5.61. The number of nitrogens with one attached hydrogen (secondary N) is 1. The highest BCUT2D eigenvalue weighted by molar-refractivity contribution is 6.31. The number of nitrogens with zero attached hydrogens (tertiary/aromatic N) is 4. The zero-order valence-electron chi connectivity index (χ0n) is 17.3. The number of carbonyl (C=O) groups is 1. The Morgan fingerprint density at radius 1 is 1.07 bits per heavy atom. The van der Waals surface area contributed by atoms with E-state index in [4.69, 9.17) is 11.6 Å². The Morgan fingerprint density at radius 3 is 2.28 bits per heavy atom. The topological polar surface area (TPSA) is 64.7 Å². The van der Waals surface area contributed by atoms with Crippen molar-refractivity contribution >= 4 is 23.2 Å². The third-order valence-electron chi connectivity index (χ3n) is 5.06. The van der Waals surface area contributed by atoms with Gasteiger partial charge in [0.2, 0.25) is 5.91 Å². The molecule has 0 fully saturated rings. The number of aromatic nitrogens is 4. The number of halogens is 2. The van der Waals surface area contributed by atoms with Crippen LogP contribution in [0.15, 0.2) is 24.3 Å². The fraction of sp³-hybridized carbons (Fsp3) is 0.381. The second kappa shape index (κ2) is 8.37. The summed E-state index contributed by atoms with van der Waals surface area (Å²) in [5.74, 6) is -0.683. The van der Waals surface area contributed by atoms with Gasteiger partial charge >= 0.3 is 0 Å². The zero-order chi connectivity index (χ0) is 21.3. The Labute approximate surface area is 174 Å². The molecule has 6 nitrogen and oxygen atoms in total. The van der Waals surface area contributed by atoms with Gasteiger partial charge in [0.05, 0.1) is 52.5 Å². The fourth-order valence-electron chi connectivity index (χ4n) is 3.24. The highest BCUT2D eigenvalue weighted by Gasteiger charge is 2.20. The summed E-state index contributed by atoms with van der Waals surface area (Å²) < 4.78 is 16.7. The molecule has 2 heterocycles. The van der Waals surface area contributed by atoms with Crippen molar-refractivity contribution in [2.45, 2.75) is 47.7 Å². The number of hydrogen-bond donors (Lipinski definition) is 1. The summed E-state index contributed by atoms with van der Waals surface area (Å²) in [6.07, 6.45) is 0. The molecule has 0 aliphatic rings. The highest BCUT2D eigenvalue weighted by atomic mass is 35.5. The molecule has 3 aromatic rings. The quantitative estimate of drug-likeness (QED) is 0.645. The van der Waals surface area contributed by atoms with Gasteiger partial charge < -0.3 is 5.32 Å². The van der Waals surface area contributed by atoms with Gasteiger partial charge in [0.15, 0.2) is 0 Å². The minimum Gasteiger partial charge on any atom is -0.323 e. The van der Waals surface area contributed by atoms with Crippen molar-refractivity contribution in [1.29, 1.82) is 0 Å². The molecule has 154 valence electrons. The lowest BCUT2D eigenvalue weighted by molar-refractivity contribution is -0.119. The summed E-state index contributed by atoms with van der Waals surface area (Å²) in [5, 5.41) is 12.5. The van der Waals surface area contributed by atoms with Crippen LogP contribution in [0.3, 0.4) is 0 Å². The van der Waals surface area contributed by atoms with E-state index in [-0.39, 0.29) is 17.6 Å². The molecule has 1 atom stereocenters. The van der Waals surface area contributed by atoms with E-state index in [1.807, 2.05) is 39.3 Å². The molecule has 0 bridgehead atoms. The number of benzene rings is 1. The monoisotopic (exact) mass is 417 g/mol. The van der Waals surface area contributed by atoms with Crippen LogP contribution < -0.4 is 5.32 Å². The van der Waals surface area contributed by atoms with Crippen molar-refractivity contribution in [3.8, 4) is 0 Å². The Morgan fingerprint density at radius 2 is 1.69 bits per heavy atom. The van der Waals surface area contributed by atoms with Gasteiger partial charge in [-0.05, 0) is 45.4 Å². The van der Waals surface area contributed by atoms with Crippen molar-refractivity contribution < 1.29 is 9.18 Å². The molecule has 0 radical (unpaired) electrons. The van der Waals surface area contributed by atoms with Gasteiger partial charge in [0.25, 0.3) is 0 Å². The average molecular weight is 418 g/mol. The van der Waals surface area contributed by atoms with E-state index in [0.717, 1.165) is 28.3 Å². The first kappa shape index (κ1) is 21.0. The van der Waals surface area contributed by atoms with Crippen LogP contribution in [-0.2, 0) is 17.9 Å². The molecule has 1 amide bonds. The van der Waals surface area contributed by atoms with Gasteiger partial charge in [-0.1, -0.05) is 30.7 Å². The van der Waals surface area contributed by atoms with Gasteiger partial charge in [-0.3, -0.25) is 14.2 Å². The SMILES string of the molecule is Cc1nn(CC(C)C(=O)Nc2c(C)nn(Cc3ccc(F)cc3)c2C)c(C)c1Cl. The number of carbonyl (C=O) groups excluding carboxylic acids is 1. The average Bonchev–Trinajstić information content (AvgIpc) is 3.08. The van der Waals surface area contributed by atoms with Crippen LogP contribution in [0, 0.1) is 39.4 Å². The van der Waals surface area contributed by atoms with E-state index in [1.165, 1.54) is 12.1 Å². The fourth-order valence-corrected chi connectivity index (χ4v) is 3.37. The molecule has 0 aliphatic carbocycles. The first-order valence-corrected chi connectivity index (χ1v) is 9.84. The van der Waals surface area contributed by atoms with Crippen LogP contribution in [0.1, 0.15) is 35.3 Å². The summed E-state index contributed by atoms with van der Waals surface area (Å²) in [7, 11) is 0. The maximum absolute atomic E-state index is 13.1. The molecule has 8 heteroatoms. The molecule has 0 saturated heterocycles. The minimum absolute atomic E-state index is 0.110. The molecule has 2 aromatic heterocycles. The summed E-state index contributed by atoms with van der Waals surface area (Å²) in [5.41, 5.74) is 4.83. The molecule has 1 unspecified atom stereocenters. The molecule has 0 saturated carbocycles. The standard InChI is InChI=1S/C21H25ClFN5O/c1-12(10-27-15(4)19(22)13(2)25-27)21(29)24-20-14(3)26-28(16(20)5)11-17-6-8-18(23)9-7-17/h6-9,12H,10-11H2,1-5H3,(H,24,29). The van der Waals surface area contributed by atoms with Crippen LogP contribution in [0.25, 0.3) is 0 Å². The van der Waals surface area contributed by atoms with Gasteiger partial charge in [-0.25, -0.2) is 4.39 Å². The number of amides is 1. The van der Waals surface area contributed by atoms with Crippen LogP contribution in [0.5, 0.6) is 0 Å². The molecule has 1 aromatic carbocycles. The maximum Gasteiger partial charge on any atom is 0.229 e. The lowest BCUT2D eigenvalue weighted by Crippen LogP contribution is -2.25. The van der Waals surface area contributed by atoms with Crippen molar-refractivity contribution in [1.82, 2.24) is 19.6 Å². The Kier molecular flexibility index (Phi) is 6.07. The van der Waals surface area contributed by atoms with Crippen molar-refractivity contribution in [2.24, 2.45) is 5.92 Å². The highest BCUT2D eigenvalue weighted by Crippen LogP contribution is 2.23. The van der Waals surface area contributed by atoms with E-state index < -0.39 is 0 Å². The van der Waals surface area contributed by atoms with Gasteiger partial charge in [-0.15, -0.1) is 0 Å². The predicted octanol–water partition coefficient (Wildman–Crippen LogP) is 4.43. The van der Waals surface area contributed by atoms with Crippen molar-refractivity contribution in [2.75, 3.05) is 5.32 Å². The van der Waals surface area contributed by atoms with Gasteiger partial charge in [0, 0.05) is 0 Å². The molecule has 0 spiro atoms. The lowest BCUT2D eigenvalue weighted by Gasteiger charge is -2.14. The second-order valence-electron chi connectivity index (χ2n) is 7.39. The van der Waals surface area contributed by atoms with E-state index >= 15 is 0 Å². The Balaban J connectivity index is 1.72. The summed E-state index contributed by atoms with van der Waals surface area (Å²) in [4.78, 5) is 12.8. The van der Waals surface area contributed by atoms with Gasteiger partial charge in [-0.2, -0.15) is 10.2 Å². The predicted molar refractivity (Wildman–Crippen MR) is 112 cm³/mol. The number of aryl methyl sites for hydroxylation is 2. The van der Waals surface area contributed by atoms with Crippen LogP contribution in [0.4, 0.5) is 10.1 Å². The Bertz CT molecular complexity index is 1040. The first-order chi connectivity index (χ1) is 13.7. The molecule has 0 aliphatic heterocycles. The molecule has 29 heavy (non-hydrogen) atoms. The lowest BCUT2D eigenvalue weighted by atomic mass is 10.1. The van der Waals surface area contributed by atoms with Crippen LogP contribution in [0.2, 0.25) is 5.02 Å². The summed E-state index contributed by atoms with van der Waals surface area (Å²) in [6.45, 7) is 10.3. The van der Waals surface area contributed by atoms with E-state index in [9.17, 15) is 9.18 Å². The molecule has 1 N–H and O–H groups in total. The molecular weight excluding hydrogens is 393 g/mol. The number of anilines is 1. The normalized spacial score (nSPS) is 12.2. The first-order valence-electron chi connectivity index (χ1n) is 9.46. The molecule has 3 rings (SSSR count). The Hall–Kier alpha value is -2.67. The minimum atomic E-state index is -0.302. The van der Waals surface area contributed by atoms with E-state index in [0.29, 0.717) is 23.8 Å². The van der Waals surface area contributed by atoms with E-state index in [2.05, 4.69) is 15.5 Å². The van der Waals surface area contributed by atoms with Crippen LogP contribution >= 0.6 is 11.6 Å². The molecular formula is C21H25ClFN5O. The smallest absolute Gasteiger partial charge is 0.229 e. The van der Waals surface area contributed by atoms with Crippen LogP contribution in [-0.4, -0.2) is 25.5 Å². The largest absolute Gasteiger partial charge is 0.323 e. The second-order valence-corrected chi connectivity index (χ2v) is 7.77. The number of rotatable bonds is 6.